The average molecular weight is 233 g/mol. The Bertz CT molecular complexity index is 243. The second-order valence-electron chi connectivity index (χ2n) is 4.06. The van der Waals surface area contributed by atoms with Gasteiger partial charge in [0.05, 0.1) is 12.5 Å². The predicted molar refractivity (Wildman–Crippen MR) is 58.8 cm³/mol. The van der Waals surface area contributed by atoms with Crippen LogP contribution in [-0.4, -0.2) is 35.6 Å². The second kappa shape index (κ2) is 6.52. The molecule has 0 bridgehead atoms. The van der Waals surface area contributed by atoms with Gasteiger partial charge >= 0.3 is 6.09 Å². The van der Waals surface area contributed by atoms with Gasteiger partial charge in [-0.1, -0.05) is 0 Å². The maximum absolute atomic E-state index is 11.6. The highest BCUT2D eigenvalue weighted by Gasteiger charge is 2.21. The molecule has 0 fully saturated rings. The first kappa shape index (κ1) is 14.1. The van der Waals surface area contributed by atoms with Crippen LogP contribution in [0.3, 0.4) is 0 Å². The van der Waals surface area contributed by atoms with Crippen LogP contribution in [0, 0.1) is 11.3 Å². The third-order valence-electron chi connectivity index (χ3n) is 1.50. The number of alkyl halides is 1. The lowest BCUT2D eigenvalue weighted by Gasteiger charge is -2.26. The molecule has 15 heavy (non-hydrogen) atoms. The van der Waals surface area contributed by atoms with Gasteiger partial charge in [0.2, 0.25) is 0 Å². The van der Waals surface area contributed by atoms with Gasteiger partial charge in [0.1, 0.15) is 5.60 Å². The van der Waals surface area contributed by atoms with E-state index in [2.05, 4.69) is 0 Å². The standard InChI is InChI=1S/C10H17ClN2O2/c1-10(2,3)15-9(14)13(8-5-11)7-4-6-12/h4-5,7-8H2,1-3H3. The molecule has 4 nitrogen and oxygen atoms in total. The highest BCUT2D eigenvalue weighted by Crippen LogP contribution is 2.10. The van der Waals surface area contributed by atoms with E-state index >= 15 is 0 Å². The van der Waals surface area contributed by atoms with Crippen LogP contribution in [0.4, 0.5) is 4.79 Å². The normalized spacial score (nSPS) is 10.6. The minimum atomic E-state index is -0.520. The van der Waals surface area contributed by atoms with Crippen molar-refractivity contribution in [3.05, 3.63) is 0 Å². The highest BCUT2D eigenvalue weighted by molar-refractivity contribution is 6.18. The van der Waals surface area contributed by atoms with E-state index in [4.69, 9.17) is 21.6 Å². The molecule has 0 unspecified atom stereocenters. The number of nitrogens with zero attached hydrogens (tertiary/aromatic N) is 2. The van der Waals surface area contributed by atoms with Crippen LogP contribution in [0.5, 0.6) is 0 Å². The molecule has 0 aromatic rings. The van der Waals surface area contributed by atoms with Gasteiger partial charge in [-0.25, -0.2) is 4.79 Å². The van der Waals surface area contributed by atoms with E-state index in [1.54, 1.807) is 20.8 Å². The summed E-state index contributed by atoms with van der Waals surface area (Å²) in [6.45, 7) is 6.16. The molecular formula is C10H17ClN2O2. The molecule has 86 valence electrons. The minimum absolute atomic E-state index is 0.288. The van der Waals surface area contributed by atoms with Crippen molar-refractivity contribution >= 4 is 17.7 Å². The molecule has 0 saturated heterocycles. The summed E-state index contributed by atoms with van der Waals surface area (Å²) in [4.78, 5) is 13.0. The molecule has 0 aliphatic heterocycles. The Balaban J connectivity index is 4.23. The van der Waals surface area contributed by atoms with Crippen LogP contribution in [0.1, 0.15) is 27.2 Å². The number of nitriles is 1. The summed E-state index contributed by atoms with van der Waals surface area (Å²) in [7, 11) is 0. The van der Waals surface area contributed by atoms with Gasteiger partial charge in [-0.05, 0) is 20.8 Å². The van der Waals surface area contributed by atoms with Crippen LogP contribution in [0.25, 0.3) is 0 Å². The van der Waals surface area contributed by atoms with E-state index in [9.17, 15) is 4.79 Å². The van der Waals surface area contributed by atoms with E-state index < -0.39 is 11.7 Å². The number of carbonyl (C=O) groups excluding carboxylic acids is 1. The lowest BCUT2D eigenvalue weighted by Crippen LogP contribution is -2.38. The largest absolute Gasteiger partial charge is 0.444 e. The summed E-state index contributed by atoms with van der Waals surface area (Å²) in [5.74, 6) is 0.338. The summed E-state index contributed by atoms with van der Waals surface area (Å²) in [5, 5.41) is 8.44. The first-order valence-electron chi connectivity index (χ1n) is 4.81. The number of halogens is 1. The van der Waals surface area contributed by atoms with Crippen LogP contribution in [-0.2, 0) is 4.74 Å². The third-order valence-corrected chi connectivity index (χ3v) is 1.67. The van der Waals surface area contributed by atoms with Crippen molar-refractivity contribution in [3.8, 4) is 6.07 Å². The van der Waals surface area contributed by atoms with Gasteiger partial charge in [-0.3, -0.25) is 0 Å². The molecule has 0 aromatic heterocycles. The van der Waals surface area contributed by atoms with E-state index in [1.807, 2.05) is 6.07 Å². The Labute approximate surface area is 95.8 Å². The van der Waals surface area contributed by atoms with Crippen molar-refractivity contribution < 1.29 is 9.53 Å². The fraction of sp³-hybridized carbons (Fsp3) is 0.800. The van der Waals surface area contributed by atoms with E-state index in [0.29, 0.717) is 19.0 Å². The smallest absolute Gasteiger partial charge is 0.410 e. The van der Waals surface area contributed by atoms with Gasteiger partial charge in [0, 0.05) is 19.0 Å². The third kappa shape index (κ3) is 7.03. The Kier molecular flexibility index (Phi) is 6.11. The lowest BCUT2D eigenvalue weighted by molar-refractivity contribution is 0.0265. The average Bonchev–Trinajstić information content (AvgIpc) is 2.09. The van der Waals surface area contributed by atoms with Gasteiger partial charge in [0.25, 0.3) is 0 Å². The number of ether oxygens (including phenoxy) is 1. The first-order valence-corrected chi connectivity index (χ1v) is 5.35. The van der Waals surface area contributed by atoms with Gasteiger partial charge in [0.15, 0.2) is 0 Å². The summed E-state index contributed by atoms with van der Waals surface area (Å²) in [6.07, 6.45) is -0.130. The quantitative estimate of drug-likeness (QED) is 0.700. The van der Waals surface area contributed by atoms with Crippen molar-refractivity contribution in [2.75, 3.05) is 19.0 Å². The van der Waals surface area contributed by atoms with E-state index in [1.165, 1.54) is 4.90 Å². The molecule has 0 aromatic carbocycles. The molecule has 0 N–H and O–H groups in total. The maximum atomic E-state index is 11.6. The Morgan fingerprint density at radius 1 is 1.47 bits per heavy atom. The summed E-state index contributed by atoms with van der Waals surface area (Å²) in [5.41, 5.74) is -0.520. The first-order chi connectivity index (χ1) is 6.90. The zero-order valence-corrected chi connectivity index (χ0v) is 10.2. The van der Waals surface area contributed by atoms with E-state index in [0.717, 1.165) is 0 Å². The molecule has 1 amide bonds. The van der Waals surface area contributed by atoms with Crippen LogP contribution < -0.4 is 0 Å². The van der Waals surface area contributed by atoms with Crippen molar-refractivity contribution in [1.29, 1.82) is 5.26 Å². The van der Waals surface area contributed by atoms with Crippen molar-refractivity contribution in [3.63, 3.8) is 0 Å². The Hall–Kier alpha value is -0.950. The number of amides is 1. The highest BCUT2D eigenvalue weighted by atomic mass is 35.5. The molecule has 0 spiro atoms. The molecule has 0 radical (unpaired) electrons. The fourth-order valence-corrected chi connectivity index (χ4v) is 1.11. The molecule has 5 heteroatoms. The summed E-state index contributed by atoms with van der Waals surface area (Å²) < 4.78 is 5.17. The maximum Gasteiger partial charge on any atom is 0.410 e. The summed E-state index contributed by atoms with van der Waals surface area (Å²) in [6, 6.07) is 1.98. The lowest BCUT2D eigenvalue weighted by atomic mass is 10.2. The van der Waals surface area contributed by atoms with Crippen molar-refractivity contribution in [2.24, 2.45) is 0 Å². The molecule has 0 heterocycles. The van der Waals surface area contributed by atoms with Crippen LogP contribution in [0.15, 0.2) is 0 Å². The summed E-state index contributed by atoms with van der Waals surface area (Å²) >= 11 is 5.56. The molecule has 0 rings (SSSR count). The topological polar surface area (TPSA) is 53.3 Å². The van der Waals surface area contributed by atoms with Gasteiger partial charge in [-0.15, -0.1) is 11.6 Å². The number of carbonyl (C=O) groups is 1. The monoisotopic (exact) mass is 232 g/mol. The minimum Gasteiger partial charge on any atom is -0.444 e. The zero-order valence-electron chi connectivity index (χ0n) is 9.42. The van der Waals surface area contributed by atoms with Gasteiger partial charge in [-0.2, -0.15) is 5.26 Å². The molecule has 0 aliphatic rings. The van der Waals surface area contributed by atoms with Crippen molar-refractivity contribution in [2.45, 2.75) is 32.8 Å². The van der Waals surface area contributed by atoms with Crippen LogP contribution >= 0.6 is 11.6 Å². The molecule has 0 saturated carbocycles. The molecule has 0 aliphatic carbocycles. The number of rotatable bonds is 4. The van der Waals surface area contributed by atoms with Crippen LogP contribution in [0.2, 0.25) is 0 Å². The number of hydrogen-bond donors (Lipinski definition) is 0. The SMILES string of the molecule is CC(C)(C)OC(=O)N(CCCl)CCC#N. The molecule has 0 atom stereocenters. The zero-order chi connectivity index (χ0) is 11.9. The fourth-order valence-electron chi connectivity index (χ4n) is 0.908. The van der Waals surface area contributed by atoms with E-state index in [-0.39, 0.29) is 6.42 Å². The molecular weight excluding hydrogens is 216 g/mol. The van der Waals surface area contributed by atoms with Gasteiger partial charge < -0.3 is 9.64 Å². The predicted octanol–water partition coefficient (Wildman–Crippen LogP) is 2.38. The van der Waals surface area contributed by atoms with Crippen molar-refractivity contribution in [1.82, 2.24) is 4.90 Å². The second-order valence-corrected chi connectivity index (χ2v) is 4.44. The Morgan fingerprint density at radius 2 is 2.07 bits per heavy atom. The Morgan fingerprint density at radius 3 is 2.47 bits per heavy atom. The number of hydrogen-bond acceptors (Lipinski definition) is 3.